The summed E-state index contributed by atoms with van der Waals surface area (Å²) in [7, 11) is 0. The minimum Gasteiger partial charge on any atom is -0.316 e. The van der Waals surface area contributed by atoms with Gasteiger partial charge in [0.2, 0.25) is 5.91 Å². The van der Waals surface area contributed by atoms with E-state index in [2.05, 4.69) is 22.3 Å². The molecule has 0 bridgehead atoms. The molecule has 30 heavy (non-hydrogen) atoms. The molecule has 0 saturated heterocycles. The summed E-state index contributed by atoms with van der Waals surface area (Å²) < 4.78 is 3.85. The summed E-state index contributed by atoms with van der Waals surface area (Å²) >= 11 is 0. The van der Waals surface area contributed by atoms with Crippen molar-refractivity contribution in [3.63, 3.8) is 0 Å². The van der Waals surface area contributed by atoms with Crippen LogP contribution in [0.25, 0.3) is 11.0 Å². The number of imidazole rings is 1. The lowest BCUT2D eigenvalue weighted by Crippen LogP contribution is -2.26. The number of amides is 1. The molecular formula is C23H26N6O. The first kappa shape index (κ1) is 19.8. The molecule has 0 radical (unpaired) electrons. The molecule has 0 aliphatic rings. The van der Waals surface area contributed by atoms with Gasteiger partial charge >= 0.3 is 0 Å². The Morgan fingerprint density at radius 2 is 2.03 bits per heavy atom. The van der Waals surface area contributed by atoms with Crippen LogP contribution in [0.15, 0.2) is 54.9 Å². The number of fused-ring (bicyclic) bond motifs is 1. The fourth-order valence-corrected chi connectivity index (χ4v) is 3.71. The molecule has 1 N–H and O–H groups in total. The number of hydrogen-bond acceptors (Lipinski definition) is 4. The number of aromatic nitrogens is 5. The highest BCUT2D eigenvalue weighted by Gasteiger charge is 2.22. The Kier molecular flexibility index (Phi) is 5.61. The van der Waals surface area contributed by atoms with E-state index in [-0.39, 0.29) is 5.91 Å². The average molecular weight is 403 g/mol. The Morgan fingerprint density at radius 1 is 1.20 bits per heavy atom. The highest BCUT2D eigenvalue weighted by molar-refractivity contribution is 5.94. The van der Waals surface area contributed by atoms with Gasteiger partial charge in [0, 0.05) is 24.9 Å². The fourth-order valence-electron chi connectivity index (χ4n) is 3.71. The Morgan fingerprint density at radius 3 is 2.80 bits per heavy atom. The molecule has 4 aromatic rings. The maximum Gasteiger partial charge on any atom is 0.248 e. The number of carbonyl (C=O) groups is 1. The maximum atomic E-state index is 13.2. The van der Waals surface area contributed by atoms with Crippen LogP contribution in [0.3, 0.4) is 0 Å². The Hall–Kier alpha value is -3.48. The normalized spacial score (nSPS) is 12.2. The monoisotopic (exact) mass is 402 g/mol. The standard InChI is InChI=1S/C23H26N6O/c1-4-8-21-25-19-10-5-6-11-20(19)29(21)17(3)23(30)26-22-13-16(2)27-28(22)15-18-9-7-12-24-14-18/h5-7,9-14,17H,4,8,15H2,1-3H3,(H,26,30). The predicted octanol–water partition coefficient (Wildman–Crippen LogP) is 4.14. The molecular weight excluding hydrogens is 376 g/mol. The van der Waals surface area contributed by atoms with Crippen molar-refractivity contribution in [2.45, 2.75) is 46.2 Å². The quantitative estimate of drug-likeness (QED) is 0.504. The highest BCUT2D eigenvalue weighted by Crippen LogP contribution is 2.24. The molecule has 0 aliphatic heterocycles. The van der Waals surface area contributed by atoms with Crippen LogP contribution < -0.4 is 5.32 Å². The van der Waals surface area contributed by atoms with Crippen LogP contribution >= 0.6 is 0 Å². The van der Waals surface area contributed by atoms with Gasteiger partial charge in [0.25, 0.3) is 0 Å². The van der Waals surface area contributed by atoms with Crippen LogP contribution in [0, 0.1) is 6.92 Å². The summed E-state index contributed by atoms with van der Waals surface area (Å²) in [6, 6.07) is 13.3. The van der Waals surface area contributed by atoms with Gasteiger partial charge in [-0.25, -0.2) is 9.67 Å². The number of nitrogens with one attached hydrogen (secondary N) is 1. The lowest BCUT2D eigenvalue weighted by atomic mass is 10.2. The number of para-hydroxylation sites is 2. The molecule has 1 atom stereocenters. The fraction of sp³-hybridized carbons (Fsp3) is 0.304. The van der Waals surface area contributed by atoms with Crippen molar-refractivity contribution in [2.24, 2.45) is 0 Å². The predicted molar refractivity (Wildman–Crippen MR) is 117 cm³/mol. The molecule has 1 amide bonds. The number of nitrogens with zero attached hydrogens (tertiary/aromatic N) is 5. The number of carbonyl (C=O) groups excluding carboxylic acids is 1. The van der Waals surface area contributed by atoms with Crippen LogP contribution in [0.2, 0.25) is 0 Å². The first-order chi connectivity index (χ1) is 14.6. The zero-order valence-corrected chi connectivity index (χ0v) is 17.5. The van der Waals surface area contributed by atoms with E-state index in [1.54, 1.807) is 17.1 Å². The van der Waals surface area contributed by atoms with E-state index in [0.717, 1.165) is 41.0 Å². The minimum atomic E-state index is -0.402. The van der Waals surface area contributed by atoms with Crippen molar-refractivity contribution in [3.8, 4) is 0 Å². The SMILES string of the molecule is CCCc1nc2ccccc2n1C(C)C(=O)Nc1cc(C)nn1Cc1cccnc1. The average Bonchev–Trinajstić information content (AvgIpc) is 3.27. The smallest absolute Gasteiger partial charge is 0.248 e. The molecule has 3 heterocycles. The topological polar surface area (TPSA) is 77.6 Å². The third kappa shape index (κ3) is 3.96. The van der Waals surface area contributed by atoms with Crippen molar-refractivity contribution < 1.29 is 4.79 Å². The zero-order chi connectivity index (χ0) is 21.1. The Labute approximate surface area is 175 Å². The molecule has 3 aromatic heterocycles. The second-order valence-electron chi connectivity index (χ2n) is 7.49. The number of hydrogen-bond donors (Lipinski definition) is 1. The molecule has 4 rings (SSSR count). The van der Waals surface area contributed by atoms with Crippen molar-refractivity contribution in [1.29, 1.82) is 0 Å². The lowest BCUT2D eigenvalue weighted by Gasteiger charge is -2.18. The van der Waals surface area contributed by atoms with Crippen LogP contribution in [0.5, 0.6) is 0 Å². The molecule has 7 heteroatoms. The van der Waals surface area contributed by atoms with Crippen molar-refractivity contribution >= 4 is 22.8 Å². The van der Waals surface area contributed by atoms with Gasteiger partial charge in [0.05, 0.1) is 23.3 Å². The molecule has 0 spiro atoms. The summed E-state index contributed by atoms with van der Waals surface area (Å²) in [5.41, 5.74) is 3.76. The van der Waals surface area contributed by atoms with Crippen LogP contribution in [0.4, 0.5) is 5.82 Å². The molecule has 154 valence electrons. The van der Waals surface area contributed by atoms with Crippen LogP contribution in [0.1, 0.15) is 43.4 Å². The Bertz CT molecular complexity index is 1160. The number of aryl methyl sites for hydroxylation is 2. The van der Waals surface area contributed by atoms with E-state index in [1.165, 1.54) is 0 Å². The van der Waals surface area contributed by atoms with Gasteiger partial charge < -0.3 is 9.88 Å². The number of benzene rings is 1. The summed E-state index contributed by atoms with van der Waals surface area (Å²) in [5.74, 6) is 1.51. The first-order valence-electron chi connectivity index (χ1n) is 10.3. The second kappa shape index (κ2) is 8.49. The zero-order valence-electron chi connectivity index (χ0n) is 17.5. The van der Waals surface area contributed by atoms with Gasteiger partial charge in [0.1, 0.15) is 17.7 Å². The first-order valence-corrected chi connectivity index (χ1v) is 10.3. The molecule has 0 saturated carbocycles. The third-order valence-electron chi connectivity index (χ3n) is 5.12. The van der Waals surface area contributed by atoms with Gasteiger partial charge in [-0.3, -0.25) is 9.78 Å². The molecule has 7 nitrogen and oxygen atoms in total. The molecule has 0 aliphatic carbocycles. The van der Waals surface area contributed by atoms with E-state index in [0.29, 0.717) is 12.4 Å². The van der Waals surface area contributed by atoms with Gasteiger partial charge in [-0.2, -0.15) is 5.10 Å². The van der Waals surface area contributed by atoms with Gasteiger partial charge in [-0.15, -0.1) is 0 Å². The summed E-state index contributed by atoms with van der Waals surface area (Å²) in [6.07, 6.45) is 5.34. The second-order valence-corrected chi connectivity index (χ2v) is 7.49. The van der Waals surface area contributed by atoms with E-state index >= 15 is 0 Å². The summed E-state index contributed by atoms with van der Waals surface area (Å²) in [6.45, 7) is 6.49. The van der Waals surface area contributed by atoms with E-state index < -0.39 is 6.04 Å². The third-order valence-corrected chi connectivity index (χ3v) is 5.12. The van der Waals surface area contributed by atoms with E-state index in [9.17, 15) is 4.79 Å². The number of pyridine rings is 1. The van der Waals surface area contributed by atoms with Crippen molar-refractivity contribution in [3.05, 3.63) is 71.9 Å². The summed E-state index contributed by atoms with van der Waals surface area (Å²) in [4.78, 5) is 22.1. The largest absolute Gasteiger partial charge is 0.316 e. The number of rotatable bonds is 7. The van der Waals surface area contributed by atoms with Gasteiger partial charge in [0.15, 0.2) is 0 Å². The van der Waals surface area contributed by atoms with E-state index in [1.807, 2.05) is 60.9 Å². The molecule has 0 fully saturated rings. The van der Waals surface area contributed by atoms with Gasteiger partial charge in [-0.05, 0) is 44.0 Å². The maximum absolute atomic E-state index is 13.2. The molecule has 1 aromatic carbocycles. The number of anilines is 1. The highest BCUT2D eigenvalue weighted by atomic mass is 16.2. The Balaban J connectivity index is 1.61. The van der Waals surface area contributed by atoms with Crippen molar-refractivity contribution in [1.82, 2.24) is 24.3 Å². The van der Waals surface area contributed by atoms with Crippen LogP contribution in [-0.4, -0.2) is 30.2 Å². The van der Waals surface area contributed by atoms with E-state index in [4.69, 9.17) is 4.98 Å². The summed E-state index contributed by atoms with van der Waals surface area (Å²) in [5, 5.41) is 7.60. The molecule has 1 unspecified atom stereocenters. The van der Waals surface area contributed by atoms with Crippen LogP contribution in [-0.2, 0) is 17.8 Å². The van der Waals surface area contributed by atoms with Crippen molar-refractivity contribution in [2.75, 3.05) is 5.32 Å². The van der Waals surface area contributed by atoms with Gasteiger partial charge in [-0.1, -0.05) is 25.1 Å². The lowest BCUT2D eigenvalue weighted by molar-refractivity contribution is -0.118. The minimum absolute atomic E-state index is 0.0946.